The number of nitrogens with one attached hydrogen (secondary N) is 1. The van der Waals surface area contributed by atoms with Crippen LogP contribution < -0.4 is 14.8 Å². The van der Waals surface area contributed by atoms with Crippen molar-refractivity contribution in [1.29, 1.82) is 0 Å². The molecule has 0 saturated carbocycles. The summed E-state index contributed by atoms with van der Waals surface area (Å²) in [6, 6.07) is 3.50. The quantitative estimate of drug-likeness (QED) is 0.775. The molecule has 0 radical (unpaired) electrons. The minimum Gasteiger partial charge on any atom is -0.493 e. The molecule has 110 valence electrons. The average Bonchev–Trinajstić information content (AvgIpc) is 2.39. The summed E-state index contributed by atoms with van der Waals surface area (Å²) >= 11 is 0. The van der Waals surface area contributed by atoms with E-state index < -0.39 is 0 Å². The lowest BCUT2D eigenvalue weighted by atomic mass is 10.0. The van der Waals surface area contributed by atoms with Crippen LogP contribution in [-0.2, 0) is 11.2 Å². The van der Waals surface area contributed by atoms with E-state index in [1.165, 1.54) is 13.8 Å². The van der Waals surface area contributed by atoms with E-state index in [1.807, 2.05) is 6.92 Å². The number of ketones is 1. The van der Waals surface area contributed by atoms with Gasteiger partial charge in [-0.3, -0.25) is 9.59 Å². The number of hydrogen-bond donors (Lipinski definition) is 1. The van der Waals surface area contributed by atoms with Gasteiger partial charge in [-0.05, 0) is 38.0 Å². The second-order valence-corrected chi connectivity index (χ2v) is 4.38. The van der Waals surface area contributed by atoms with Crippen molar-refractivity contribution in [1.82, 2.24) is 5.32 Å². The largest absolute Gasteiger partial charge is 0.493 e. The van der Waals surface area contributed by atoms with Gasteiger partial charge in [0.1, 0.15) is 0 Å². The van der Waals surface area contributed by atoms with Crippen LogP contribution in [0.2, 0.25) is 0 Å². The minimum atomic E-state index is -0.0905. The Morgan fingerprint density at radius 1 is 1.20 bits per heavy atom. The Balaban J connectivity index is 3.06. The van der Waals surface area contributed by atoms with E-state index in [1.54, 1.807) is 19.2 Å². The second kappa shape index (κ2) is 7.53. The van der Waals surface area contributed by atoms with E-state index in [9.17, 15) is 9.59 Å². The molecule has 0 atom stereocenters. The number of hydrogen-bond acceptors (Lipinski definition) is 4. The van der Waals surface area contributed by atoms with Crippen LogP contribution in [0.4, 0.5) is 0 Å². The number of methoxy groups -OCH3 is 1. The molecule has 0 unspecified atom stereocenters. The van der Waals surface area contributed by atoms with Crippen LogP contribution in [0.5, 0.6) is 11.5 Å². The Morgan fingerprint density at radius 2 is 1.90 bits per heavy atom. The summed E-state index contributed by atoms with van der Waals surface area (Å²) in [5.74, 6) is 1.02. The Labute approximate surface area is 119 Å². The molecule has 0 aliphatic carbocycles. The SMILES string of the molecule is CCOc1cc(C(C)=O)c(CCNC(C)=O)cc1OC. The van der Waals surface area contributed by atoms with E-state index in [-0.39, 0.29) is 11.7 Å². The molecule has 1 N–H and O–H groups in total. The van der Waals surface area contributed by atoms with Gasteiger partial charge >= 0.3 is 0 Å². The first-order valence-corrected chi connectivity index (χ1v) is 6.58. The highest BCUT2D eigenvalue weighted by Crippen LogP contribution is 2.31. The van der Waals surface area contributed by atoms with Crippen molar-refractivity contribution in [2.24, 2.45) is 0 Å². The molecule has 0 spiro atoms. The molecule has 1 rings (SSSR count). The average molecular weight is 279 g/mol. The van der Waals surface area contributed by atoms with E-state index in [0.717, 1.165) is 5.56 Å². The molecule has 20 heavy (non-hydrogen) atoms. The van der Waals surface area contributed by atoms with Gasteiger partial charge < -0.3 is 14.8 Å². The fraction of sp³-hybridized carbons (Fsp3) is 0.467. The number of rotatable bonds is 7. The van der Waals surface area contributed by atoms with E-state index in [4.69, 9.17) is 9.47 Å². The summed E-state index contributed by atoms with van der Waals surface area (Å²) in [5, 5.41) is 2.72. The lowest BCUT2D eigenvalue weighted by Gasteiger charge is -2.14. The number of carbonyl (C=O) groups excluding carboxylic acids is 2. The van der Waals surface area contributed by atoms with Gasteiger partial charge in [0.15, 0.2) is 17.3 Å². The monoisotopic (exact) mass is 279 g/mol. The number of amides is 1. The Hall–Kier alpha value is -2.04. The highest BCUT2D eigenvalue weighted by Gasteiger charge is 2.14. The summed E-state index contributed by atoms with van der Waals surface area (Å²) in [7, 11) is 1.56. The number of benzene rings is 1. The summed E-state index contributed by atoms with van der Waals surface area (Å²) in [4.78, 5) is 22.6. The molecule has 0 aliphatic heterocycles. The van der Waals surface area contributed by atoms with Crippen molar-refractivity contribution >= 4 is 11.7 Å². The fourth-order valence-corrected chi connectivity index (χ4v) is 1.94. The van der Waals surface area contributed by atoms with E-state index in [0.29, 0.717) is 36.6 Å². The van der Waals surface area contributed by atoms with Crippen molar-refractivity contribution in [2.45, 2.75) is 27.2 Å². The van der Waals surface area contributed by atoms with Crippen LogP contribution in [0.1, 0.15) is 36.7 Å². The molecule has 0 aliphatic rings. The van der Waals surface area contributed by atoms with Crippen LogP contribution in [0.25, 0.3) is 0 Å². The first-order chi connectivity index (χ1) is 9.49. The lowest BCUT2D eigenvalue weighted by Crippen LogP contribution is -2.23. The molecular weight excluding hydrogens is 258 g/mol. The molecular formula is C15H21NO4. The Kier molecular flexibility index (Phi) is 6.03. The molecule has 5 heteroatoms. The third-order valence-electron chi connectivity index (χ3n) is 2.84. The lowest BCUT2D eigenvalue weighted by molar-refractivity contribution is -0.118. The van der Waals surface area contributed by atoms with Gasteiger partial charge in [0.05, 0.1) is 13.7 Å². The summed E-state index contributed by atoms with van der Waals surface area (Å²) < 4.78 is 10.7. The molecule has 0 saturated heterocycles. The van der Waals surface area contributed by atoms with Crippen molar-refractivity contribution in [2.75, 3.05) is 20.3 Å². The highest BCUT2D eigenvalue weighted by atomic mass is 16.5. The fourth-order valence-electron chi connectivity index (χ4n) is 1.94. The third kappa shape index (κ3) is 4.26. The zero-order chi connectivity index (χ0) is 15.1. The van der Waals surface area contributed by atoms with Gasteiger partial charge in [-0.15, -0.1) is 0 Å². The van der Waals surface area contributed by atoms with Crippen LogP contribution in [0.3, 0.4) is 0 Å². The minimum absolute atomic E-state index is 0.0357. The van der Waals surface area contributed by atoms with Crippen LogP contribution in [0, 0.1) is 0 Å². The number of carbonyl (C=O) groups is 2. The molecule has 5 nitrogen and oxygen atoms in total. The van der Waals surface area contributed by atoms with Crippen LogP contribution in [0.15, 0.2) is 12.1 Å². The normalized spacial score (nSPS) is 10.0. The van der Waals surface area contributed by atoms with Gasteiger partial charge in [-0.2, -0.15) is 0 Å². The molecule has 1 aromatic rings. The number of Topliss-reactive ketones (excluding diaryl/α,β-unsaturated/α-hetero) is 1. The van der Waals surface area contributed by atoms with Crippen LogP contribution >= 0.6 is 0 Å². The standard InChI is InChI=1S/C15H21NO4/c1-5-20-15-9-13(10(2)17)12(8-14(15)19-4)6-7-16-11(3)18/h8-9H,5-7H2,1-4H3,(H,16,18). The predicted octanol–water partition coefficient (Wildman–Crippen LogP) is 1.98. The maximum absolute atomic E-state index is 11.7. The molecule has 0 fully saturated rings. The van der Waals surface area contributed by atoms with E-state index in [2.05, 4.69) is 5.32 Å². The molecule has 1 aromatic carbocycles. The maximum Gasteiger partial charge on any atom is 0.216 e. The van der Waals surface area contributed by atoms with Gasteiger partial charge in [-0.1, -0.05) is 0 Å². The van der Waals surface area contributed by atoms with Crippen molar-refractivity contribution < 1.29 is 19.1 Å². The van der Waals surface area contributed by atoms with Gasteiger partial charge in [0.25, 0.3) is 0 Å². The summed E-state index contributed by atoms with van der Waals surface area (Å²) in [6.07, 6.45) is 0.567. The zero-order valence-corrected chi connectivity index (χ0v) is 12.4. The van der Waals surface area contributed by atoms with Crippen molar-refractivity contribution in [3.8, 4) is 11.5 Å². The topological polar surface area (TPSA) is 64.6 Å². The first kappa shape index (κ1) is 16.0. The van der Waals surface area contributed by atoms with Gasteiger partial charge in [-0.25, -0.2) is 0 Å². The van der Waals surface area contributed by atoms with Gasteiger partial charge in [0.2, 0.25) is 5.91 Å². The van der Waals surface area contributed by atoms with E-state index >= 15 is 0 Å². The summed E-state index contributed by atoms with van der Waals surface area (Å²) in [5.41, 5.74) is 1.44. The smallest absolute Gasteiger partial charge is 0.216 e. The second-order valence-electron chi connectivity index (χ2n) is 4.38. The highest BCUT2D eigenvalue weighted by molar-refractivity contribution is 5.96. The number of ether oxygens (including phenoxy) is 2. The molecule has 0 bridgehead atoms. The van der Waals surface area contributed by atoms with Crippen LogP contribution in [-0.4, -0.2) is 32.0 Å². The first-order valence-electron chi connectivity index (χ1n) is 6.58. The zero-order valence-electron chi connectivity index (χ0n) is 12.4. The van der Waals surface area contributed by atoms with Gasteiger partial charge in [0, 0.05) is 19.0 Å². The maximum atomic E-state index is 11.7. The van der Waals surface area contributed by atoms with Crippen molar-refractivity contribution in [3.63, 3.8) is 0 Å². The van der Waals surface area contributed by atoms with Crippen molar-refractivity contribution in [3.05, 3.63) is 23.3 Å². The molecule has 0 aromatic heterocycles. The third-order valence-corrected chi connectivity index (χ3v) is 2.84. The Bertz CT molecular complexity index is 497. The predicted molar refractivity (Wildman–Crippen MR) is 76.6 cm³/mol. The molecule has 1 amide bonds. The summed E-state index contributed by atoms with van der Waals surface area (Å²) in [6.45, 7) is 5.83. The molecule has 0 heterocycles. The Morgan fingerprint density at radius 3 is 2.40 bits per heavy atom.